The molecule has 0 radical (unpaired) electrons. The summed E-state index contributed by atoms with van der Waals surface area (Å²) in [6.07, 6.45) is 3.40. The average molecular weight is 397 g/mol. The van der Waals surface area contributed by atoms with E-state index in [2.05, 4.69) is 25.1 Å². The molecule has 3 heterocycles. The summed E-state index contributed by atoms with van der Waals surface area (Å²) < 4.78 is 13.1. The smallest absolute Gasteiger partial charge is 0.271 e. The minimum absolute atomic E-state index is 0.177. The van der Waals surface area contributed by atoms with Crippen LogP contribution in [0.1, 0.15) is 16.1 Å². The molecule has 0 unspecified atom stereocenters. The van der Waals surface area contributed by atoms with Crippen LogP contribution in [0.25, 0.3) is 0 Å². The van der Waals surface area contributed by atoms with Crippen molar-refractivity contribution in [3.8, 4) is 0 Å². The first-order valence-electron chi connectivity index (χ1n) is 9.07. The second-order valence-corrected chi connectivity index (χ2v) is 7.34. The fourth-order valence-electron chi connectivity index (χ4n) is 3.10. The van der Waals surface area contributed by atoms with Crippen LogP contribution in [0.3, 0.4) is 0 Å². The molecule has 0 aliphatic carbocycles. The molecule has 1 aromatic carbocycles. The molecule has 1 fully saturated rings. The Balaban J connectivity index is 1.32. The summed E-state index contributed by atoms with van der Waals surface area (Å²) in [5, 5.41) is 5.53. The molecule has 1 N–H and O–H groups in total. The van der Waals surface area contributed by atoms with Gasteiger partial charge in [0.2, 0.25) is 0 Å². The zero-order valence-corrected chi connectivity index (χ0v) is 16.0. The molecule has 1 aliphatic heterocycles. The Labute approximate surface area is 166 Å². The SMILES string of the molecule is O=C(NCc1ccncc1)c1csc(N2CCN(c3ccc(F)cc3)CC2)n1. The number of piperazine rings is 1. The van der Waals surface area contributed by atoms with E-state index in [0.717, 1.165) is 42.6 Å². The molecule has 6 nitrogen and oxygen atoms in total. The first-order chi connectivity index (χ1) is 13.7. The number of carbonyl (C=O) groups is 1. The Morgan fingerprint density at radius 2 is 1.71 bits per heavy atom. The molecule has 4 rings (SSSR count). The van der Waals surface area contributed by atoms with Gasteiger partial charge in [-0.2, -0.15) is 0 Å². The summed E-state index contributed by atoms with van der Waals surface area (Å²) in [4.78, 5) is 25.2. The Bertz CT molecular complexity index is 923. The number of rotatable bonds is 5. The van der Waals surface area contributed by atoms with Gasteiger partial charge in [0.15, 0.2) is 5.13 Å². The summed E-state index contributed by atoms with van der Waals surface area (Å²) in [6.45, 7) is 3.72. The number of aromatic nitrogens is 2. The maximum Gasteiger partial charge on any atom is 0.271 e. The Hall–Kier alpha value is -3.00. The predicted molar refractivity (Wildman–Crippen MR) is 108 cm³/mol. The molecule has 0 spiro atoms. The molecule has 144 valence electrons. The summed E-state index contributed by atoms with van der Waals surface area (Å²) in [6, 6.07) is 10.3. The minimum atomic E-state index is -0.222. The van der Waals surface area contributed by atoms with Gasteiger partial charge in [-0.1, -0.05) is 0 Å². The largest absolute Gasteiger partial charge is 0.368 e. The van der Waals surface area contributed by atoms with Crippen LogP contribution in [-0.4, -0.2) is 42.1 Å². The normalized spacial score (nSPS) is 14.2. The Morgan fingerprint density at radius 1 is 1.04 bits per heavy atom. The number of anilines is 2. The highest BCUT2D eigenvalue weighted by Gasteiger charge is 2.21. The van der Waals surface area contributed by atoms with Gasteiger partial charge in [-0.05, 0) is 42.0 Å². The number of pyridine rings is 1. The summed E-state index contributed by atoms with van der Waals surface area (Å²) in [5.74, 6) is -0.399. The minimum Gasteiger partial charge on any atom is -0.368 e. The first-order valence-corrected chi connectivity index (χ1v) is 9.95. The van der Waals surface area contributed by atoms with E-state index in [-0.39, 0.29) is 11.7 Å². The van der Waals surface area contributed by atoms with Crippen LogP contribution >= 0.6 is 11.3 Å². The van der Waals surface area contributed by atoms with Crippen molar-refractivity contribution >= 4 is 28.1 Å². The average Bonchev–Trinajstić information content (AvgIpc) is 3.24. The molecule has 8 heteroatoms. The van der Waals surface area contributed by atoms with Crippen molar-refractivity contribution in [2.45, 2.75) is 6.54 Å². The zero-order valence-electron chi connectivity index (χ0n) is 15.2. The molecule has 28 heavy (non-hydrogen) atoms. The quantitative estimate of drug-likeness (QED) is 0.717. The lowest BCUT2D eigenvalue weighted by Crippen LogP contribution is -2.46. The molecular weight excluding hydrogens is 377 g/mol. The van der Waals surface area contributed by atoms with Crippen molar-refractivity contribution in [3.05, 3.63) is 71.2 Å². The monoisotopic (exact) mass is 397 g/mol. The Morgan fingerprint density at radius 3 is 2.43 bits per heavy atom. The highest BCUT2D eigenvalue weighted by atomic mass is 32.1. The molecule has 3 aromatic rings. The molecule has 1 amide bonds. The third-order valence-electron chi connectivity index (χ3n) is 4.67. The van der Waals surface area contributed by atoms with Gasteiger partial charge in [0.25, 0.3) is 5.91 Å². The van der Waals surface area contributed by atoms with E-state index >= 15 is 0 Å². The van der Waals surface area contributed by atoms with Crippen LogP contribution in [-0.2, 0) is 6.54 Å². The van der Waals surface area contributed by atoms with Crippen molar-refractivity contribution in [3.63, 3.8) is 0 Å². The topological polar surface area (TPSA) is 61.4 Å². The zero-order chi connectivity index (χ0) is 19.3. The van der Waals surface area contributed by atoms with Crippen molar-refractivity contribution in [1.29, 1.82) is 0 Å². The number of halogens is 1. The van der Waals surface area contributed by atoms with E-state index in [9.17, 15) is 9.18 Å². The van der Waals surface area contributed by atoms with Crippen molar-refractivity contribution in [2.75, 3.05) is 36.0 Å². The van der Waals surface area contributed by atoms with Crippen LogP contribution in [0.2, 0.25) is 0 Å². The van der Waals surface area contributed by atoms with Gasteiger partial charge >= 0.3 is 0 Å². The molecule has 1 saturated heterocycles. The van der Waals surface area contributed by atoms with Crippen LogP contribution in [0, 0.1) is 5.82 Å². The van der Waals surface area contributed by atoms with Gasteiger partial charge < -0.3 is 15.1 Å². The number of hydrogen-bond acceptors (Lipinski definition) is 6. The standard InChI is InChI=1S/C20H20FN5OS/c21-16-1-3-17(4-2-16)25-9-11-26(12-10-25)20-24-18(14-28-20)19(27)23-13-15-5-7-22-8-6-15/h1-8,14H,9-13H2,(H,23,27). The van der Waals surface area contributed by atoms with E-state index in [1.807, 2.05) is 12.1 Å². The lowest BCUT2D eigenvalue weighted by atomic mass is 10.2. The number of nitrogens with zero attached hydrogens (tertiary/aromatic N) is 4. The van der Waals surface area contributed by atoms with E-state index in [4.69, 9.17) is 0 Å². The highest BCUT2D eigenvalue weighted by Crippen LogP contribution is 2.24. The number of carbonyl (C=O) groups excluding carboxylic acids is 1. The fourth-order valence-corrected chi connectivity index (χ4v) is 3.95. The third-order valence-corrected chi connectivity index (χ3v) is 5.57. The highest BCUT2D eigenvalue weighted by molar-refractivity contribution is 7.13. The van der Waals surface area contributed by atoms with Gasteiger partial charge in [-0.15, -0.1) is 11.3 Å². The van der Waals surface area contributed by atoms with Crippen molar-refractivity contribution < 1.29 is 9.18 Å². The second-order valence-electron chi connectivity index (χ2n) is 6.50. The number of amides is 1. The second kappa shape index (κ2) is 8.35. The van der Waals surface area contributed by atoms with Gasteiger partial charge in [0, 0.05) is 56.2 Å². The van der Waals surface area contributed by atoms with Crippen LogP contribution in [0.15, 0.2) is 54.2 Å². The molecule has 0 saturated carbocycles. The maximum atomic E-state index is 13.1. The van der Waals surface area contributed by atoms with E-state index in [0.29, 0.717) is 12.2 Å². The van der Waals surface area contributed by atoms with Crippen LogP contribution in [0.4, 0.5) is 15.2 Å². The first kappa shape index (κ1) is 18.4. The van der Waals surface area contributed by atoms with Crippen molar-refractivity contribution in [1.82, 2.24) is 15.3 Å². The number of benzene rings is 1. The summed E-state index contributed by atoms with van der Waals surface area (Å²) in [5.41, 5.74) is 2.46. The van der Waals surface area contributed by atoms with Gasteiger partial charge in [-0.25, -0.2) is 9.37 Å². The molecule has 0 bridgehead atoms. The number of thiazole rings is 1. The Kier molecular flexibility index (Phi) is 5.48. The summed E-state index contributed by atoms with van der Waals surface area (Å²) >= 11 is 1.48. The summed E-state index contributed by atoms with van der Waals surface area (Å²) in [7, 11) is 0. The molecule has 1 aliphatic rings. The molecular formula is C20H20FN5OS. The molecule has 0 atom stereocenters. The van der Waals surface area contributed by atoms with Crippen molar-refractivity contribution in [2.24, 2.45) is 0 Å². The number of nitrogens with one attached hydrogen (secondary N) is 1. The lowest BCUT2D eigenvalue weighted by Gasteiger charge is -2.36. The number of hydrogen-bond donors (Lipinski definition) is 1. The van der Waals surface area contributed by atoms with E-state index in [1.165, 1.54) is 23.5 Å². The third kappa shape index (κ3) is 4.28. The molecule has 2 aromatic heterocycles. The van der Waals surface area contributed by atoms with Gasteiger partial charge in [-0.3, -0.25) is 9.78 Å². The lowest BCUT2D eigenvalue weighted by molar-refractivity contribution is 0.0946. The van der Waals surface area contributed by atoms with E-state index in [1.54, 1.807) is 29.9 Å². The van der Waals surface area contributed by atoms with Gasteiger partial charge in [0.05, 0.1) is 0 Å². The van der Waals surface area contributed by atoms with Crippen LogP contribution < -0.4 is 15.1 Å². The maximum absolute atomic E-state index is 13.1. The van der Waals surface area contributed by atoms with Gasteiger partial charge in [0.1, 0.15) is 11.5 Å². The fraction of sp³-hybridized carbons (Fsp3) is 0.250. The van der Waals surface area contributed by atoms with Crippen LogP contribution in [0.5, 0.6) is 0 Å². The predicted octanol–water partition coefficient (Wildman–Crippen LogP) is 2.93. The van der Waals surface area contributed by atoms with E-state index < -0.39 is 0 Å².